The summed E-state index contributed by atoms with van der Waals surface area (Å²) in [5.41, 5.74) is 3.91. The molecule has 0 N–H and O–H groups in total. The zero-order valence-electron chi connectivity index (χ0n) is 14.6. The summed E-state index contributed by atoms with van der Waals surface area (Å²) in [5, 5.41) is 10.6. The predicted octanol–water partition coefficient (Wildman–Crippen LogP) is 7.14. The lowest BCUT2D eigenvalue weighted by molar-refractivity contribution is 1.35. The summed E-state index contributed by atoms with van der Waals surface area (Å²) in [6.45, 7) is 0. The molecule has 0 aliphatic heterocycles. The van der Waals surface area contributed by atoms with Crippen molar-refractivity contribution < 1.29 is 0 Å². The molecule has 1 nitrogen and oxygen atoms in total. The molecule has 0 amide bonds. The average molecular weight is 341 g/mol. The molecule has 0 bridgehead atoms. The van der Waals surface area contributed by atoms with E-state index in [1.54, 1.807) is 0 Å². The maximum atomic E-state index is 2.47. The maximum absolute atomic E-state index is 2.47. The van der Waals surface area contributed by atoms with Crippen LogP contribution in [0.25, 0.3) is 59.6 Å². The number of hydrogen-bond acceptors (Lipinski definition) is 0. The molecule has 0 spiro atoms. The molecule has 0 aliphatic carbocycles. The lowest BCUT2D eigenvalue weighted by Crippen LogP contribution is -1.92. The van der Waals surface area contributed by atoms with Gasteiger partial charge in [-0.1, -0.05) is 72.8 Å². The van der Waals surface area contributed by atoms with Crippen molar-refractivity contribution in [1.82, 2.24) is 4.40 Å². The van der Waals surface area contributed by atoms with E-state index in [2.05, 4.69) is 95.4 Å². The van der Waals surface area contributed by atoms with Gasteiger partial charge in [-0.05, 0) is 39.7 Å². The monoisotopic (exact) mass is 341 g/mol. The minimum absolute atomic E-state index is 1.28. The highest BCUT2D eigenvalue weighted by Crippen LogP contribution is 2.41. The lowest BCUT2D eigenvalue weighted by atomic mass is 9.97. The number of nitrogens with zero attached hydrogens (tertiary/aromatic N) is 1. The van der Waals surface area contributed by atoms with E-state index in [-0.39, 0.29) is 0 Å². The van der Waals surface area contributed by atoms with Gasteiger partial charge in [0, 0.05) is 21.5 Å². The van der Waals surface area contributed by atoms with E-state index in [0.717, 1.165) is 0 Å². The van der Waals surface area contributed by atoms with Crippen molar-refractivity contribution >= 4 is 59.6 Å². The third-order valence-electron chi connectivity index (χ3n) is 6.07. The quantitative estimate of drug-likeness (QED) is 0.204. The van der Waals surface area contributed by atoms with Gasteiger partial charge in [-0.15, -0.1) is 0 Å². The molecule has 2 heterocycles. The van der Waals surface area contributed by atoms with E-state index < -0.39 is 0 Å². The van der Waals surface area contributed by atoms with E-state index in [4.69, 9.17) is 0 Å². The summed E-state index contributed by atoms with van der Waals surface area (Å²) in [5.74, 6) is 0. The first-order chi connectivity index (χ1) is 13.4. The largest absolute Gasteiger partial charge is 0.308 e. The minimum Gasteiger partial charge on any atom is -0.308 e. The molecule has 2 aromatic heterocycles. The summed E-state index contributed by atoms with van der Waals surface area (Å²) >= 11 is 0. The van der Waals surface area contributed by atoms with Crippen LogP contribution in [0, 0.1) is 0 Å². The summed E-state index contributed by atoms with van der Waals surface area (Å²) in [7, 11) is 0. The summed E-state index contributed by atoms with van der Waals surface area (Å²) in [6, 6.07) is 33.4. The Kier molecular flexibility index (Phi) is 2.30. The van der Waals surface area contributed by atoms with Gasteiger partial charge in [-0.2, -0.15) is 0 Å². The number of rotatable bonds is 0. The molecule has 0 atom stereocenters. The van der Waals surface area contributed by atoms with Gasteiger partial charge in [0.2, 0.25) is 0 Å². The Bertz CT molecular complexity index is 1670. The Morgan fingerprint density at radius 1 is 0.444 bits per heavy atom. The molecule has 0 fully saturated rings. The second kappa shape index (κ2) is 4.57. The van der Waals surface area contributed by atoms with Gasteiger partial charge in [0.1, 0.15) is 0 Å². The third kappa shape index (κ3) is 1.56. The van der Waals surface area contributed by atoms with Crippen molar-refractivity contribution in [2.45, 2.75) is 0 Å². The fraction of sp³-hybridized carbons (Fsp3) is 0. The first-order valence-corrected chi connectivity index (χ1v) is 9.38. The van der Waals surface area contributed by atoms with Gasteiger partial charge < -0.3 is 4.40 Å². The maximum Gasteiger partial charge on any atom is 0.0625 e. The van der Waals surface area contributed by atoms with Crippen molar-refractivity contribution in [3.05, 3.63) is 91.0 Å². The van der Waals surface area contributed by atoms with E-state index in [0.29, 0.717) is 0 Å². The first-order valence-electron chi connectivity index (χ1n) is 9.38. The number of pyridine rings is 1. The third-order valence-corrected chi connectivity index (χ3v) is 6.07. The van der Waals surface area contributed by atoms with Crippen molar-refractivity contribution in [1.29, 1.82) is 0 Å². The molecule has 5 aromatic carbocycles. The van der Waals surface area contributed by atoms with Crippen molar-refractivity contribution in [3.8, 4) is 0 Å². The van der Waals surface area contributed by atoms with Crippen molar-refractivity contribution in [2.24, 2.45) is 0 Å². The van der Waals surface area contributed by atoms with Crippen LogP contribution in [0.1, 0.15) is 0 Å². The van der Waals surface area contributed by atoms with Crippen LogP contribution in [-0.2, 0) is 0 Å². The molecule has 27 heavy (non-hydrogen) atoms. The van der Waals surface area contributed by atoms with Gasteiger partial charge in [-0.25, -0.2) is 0 Å². The van der Waals surface area contributed by atoms with Gasteiger partial charge in [0.25, 0.3) is 0 Å². The fourth-order valence-corrected chi connectivity index (χ4v) is 4.93. The smallest absolute Gasteiger partial charge is 0.0625 e. The Hall–Kier alpha value is -3.58. The van der Waals surface area contributed by atoms with Crippen molar-refractivity contribution in [3.63, 3.8) is 0 Å². The second-order valence-corrected chi connectivity index (χ2v) is 7.43. The van der Waals surface area contributed by atoms with Crippen molar-refractivity contribution in [2.75, 3.05) is 0 Å². The highest BCUT2D eigenvalue weighted by molar-refractivity contribution is 6.29. The van der Waals surface area contributed by atoms with E-state index in [9.17, 15) is 0 Å². The molecule has 7 aromatic rings. The molecule has 7 rings (SSSR count). The second-order valence-electron chi connectivity index (χ2n) is 7.43. The Morgan fingerprint density at radius 2 is 1.19 bits per heavy atom. The van der Waals surface area contributed by atoms with E-state index >= 15 is 0 Å². The van der Waals surface area contributed by atoms with Gasteiger partial charge in [0.05, 0.1) is 16.6 Å². The molecule has 0 aliphatic rings. The molecule has 124 valence electrons. The van der Waals surface area contributed by atoms with Gasteiger partial charge in [0.15, 0.2) is 0 Å². The molecule has 0 radical (unpaired) electrons. The highest BCUT2D eigenvalue weighted by atomic mass is 14.9. The van der Waals surface area contributed by atoms with Crippen LogP contribution >= 0.6 is 0 Å². The van der Waals surface area contributed by atoms with Crippen LogP contribution in [-0.4, -0.2) is 4.40 Å². The molecule has 0 unspecified atom stereocenters. The molecule has 1 heteroatoms. The van der Waals surface area contributed by atoms with Crippen LogP contribution in [0.4, 0.5) is 0 Å². The Morgan fingerprint density at radius 3 is 2.11 bits per heavy atom. The SMILES string of the molecule is c1ccc2cc3c(cc2c1)c1cccc2ccc4c5ccccc5n3c4c21. The zero-order valence-corrected chi connectivity index (χ0v) is 14.6. The Labute approximate surface area is 155 Å². The van der Waals surface area contributed by atoms with E-state index in [1.807, 2.05) is 0 Å². The van der Waals surface area contributed by atoms with E-state index in [1.165, 1.54) is 59.6 Å². The number of fused-ring (bicyclic) bond motifs is 7. The first kappa shape index (κ1) is 13.6. The number of benzene rings is 5. The van der Waals surface area contributed by atoms with Crippen LogP contribution in [0.15, 0.2) is 91.0 Å². The molecular formula is C26H15N. The number of para-hydroxylation sites is 1. The summed E-state index contributed by atoms with van der Waals surface area (Å²) in [4.78, 5) is 0. The number of aromatic nitrogens is 1. The highest BCUT2D eigenvalue weighted by Gasteiger charge is 2.17. The van der Waals surface area contributed by atoms with Gasteiger partial charge in [-0.3, -0.25) is 0 Å². The summed E-state index contributed by atoms with van der Waals surface area (Å²) in [6.07, 6.45) is 0. The predicted molar refractivity (Wildman–Crippen MR) is 116 cm³/mol. The van der Waals surface area contributed by atoms with Gasteiger partial charge >= 0.3 is 0 Å². The lowest BCUT2D eigenvalue weighted by Gasteiger charge is -2.13. The van der Waals surface area contributed by atoms with Crippen LogP contribution in [0.2, 0.25) is 0 Å². The molecular weight excluding hydrogens is 326 g/mol. The normalized spacial score (nSPS) is 12.4. The topological polar surface area (TPSA) is 4.41 Å². The minimum atomic E-state index is 1.28. The average Bonchev–Trinajstić information content (AvgIpc) is 3.07. The van der Waals surface area contributed by atoms with Crippen LogP contribution in [0.3, 0.4) is 0 Å². The molecule has 0 saturated carbocycles. The van der Waals surface area contributed by atoms with Crippen LogP contribution < -0.4 is 0 Å². The van der Waals surface area contributed by atoms with Crippen LogP contribution in [0.5, 0.6) is 0 Å². The fourth-order valence-electron chi connectivity index (χ4n) is 4.93. The molecule has 0 saturated heterocycles. The zero-order chi connectivity index (χ0) is 17.5. The standard InChI is InChI=1S/C26H15N/c1-2-7-18-15-24-22(14-17(18)6-1)20-10-5-8-16-12-13-21-19-9-3-4-11-23(19)27(24)26(21)25(16)20/h1-15H. The number of hydrogen-bond donors (Lipinski definition) is 0. The Balaban J connectivity index is 1.96. The summed E-state index contributed by atoms with van der Waals surface area (Å²) < 4.78 is 2.47.